The highest BCUT2D eigenvalue weighted by Gasteiger charge is 2.06. The van der Waals surface area contributed by atoms with Crippen LogP contribution >= 0.6 is 23.7 Å². The molecular weight excluding hydrogens is 340 g/mol. The van der Waals surface area contributed by atoms with Gasteiger partial charge in [0.15, 0.2) is 0 Å². The molecule has 0 amide bonds. The fourth-order valence-electron chi connectivity index (χ4n) is 2.28. The molecule has 24 heavy (non-hydrogen) atoms. The molecule has 0 aliphatic carbocycles. The topological polar surface area (TPSA) is 99.7 Å². The van der Waals surface area contributed by atoms with E-state index >= 15 is 0 Å². The largest absolute Gasteiger partial charge is 0.384 e. The molecule has 0 unspecified atom stereocenters. The number of nitrogens with two attached hydrogens (primary N) is 2. The number of nitrogen functional groups attached to an aromatic ring is 2. The minimum atomic E-state index is 0. The number of benzene rings is 2. The van der Waals surface area contributed by atoms with Crippen LogP contribution in [0, 0.1) is 10.8 Å². The maximum absolute atomic E-state index is 7.43. The Morgan fingerprint density at radius 2 is 0.958 bits per heavy atom. The van der Waals surface area contributed by atoms with Gasteiger partial charge in [-0.05, 0) is 23.3 Å². The van der Waals surface area contributed by atoms with Crippen molar-refractivity contribution in [3.63, 3.8) is 0 Å². The lowest BCUT2D eigenvalue weighted by molar-refractivity contribution is 1.42. The molecule has 0 radical (unpaired) electrons. The van der Waals surface area contributed by atoms with Crippen LogP contribution < -0.4 is 11.5 Å². The predicted molar refractivity (Wildman–Crippen MR) is 104 cm³/mol. The first-order valence-corrected chi connectivity index (χ1v) is 7.86. The third-order valence-corrected chi connectivity index (χ3v) is 4.75. The second-order valence-corrected chi connectivity index (χ2v) is 6.23. The Bertz CT molecular complexity index is 795. The molecule has 0 aliphatic heterocycles. The normalized spacial score (nSPS) is 10.0. The average Bonchev–Trinajstić information content (AvgIpc) is 3.05. The summed E-state index contributed by atoms with van der Waals surface area (Å²) in [4.78, 5) is 2.32. The zero-order chi connectivity index (χ0) is 16.4. The van der Waals surface area contributed by atoms with Gasteiger partial charge in [-0.1, -0.05) is 48.5 Å². The highest BCUT2D eigenvalue weighted by Crippen LogP contribution is 2.34. The summed E-state index contributed by atoms with van der Waals surface area (Å²) >= 11 is 1.70. The Morgan fingerprint density at radius 3 is 1.25 bits per heavy atom. The second kappa shape index (κ2) is 7.29. The second-order valence-electron chi connectivity index (χ2n) is 5.15. The van der Waals surface area contributed by atoms with E-state index in [4.69, 9.17) is 22.3 Å². The lowest BCUT2D eigenvalue weighted by atomic mass is 10.1. The number of amidine groups is 2. The fraction of sp³-hybridized carbons (Fsp3) is 0. The zero-order valence-electron chi connectivity index (χ0n) is 12.7. The smallest absolute Gasteiger partial charge is 0.122 e. The van der Waals surface area contributed by atoms with Gasteiger partial charge in [0.05, 0.1) is 0 Å². The molecule has 6 N–H and O–H groups in total. The fourth-order valence-corrected chi connectivity index (χ4v) is 3.29. The van der Waals surface area contributed by atoms with E-state index in [2.05, 4.69) is 12.1 Å². The lowest BCUT2D eigenvalue weighted by Crippen LogP contribution is -2.10. The molecule has 0 atom stereocenters. The van der Waals surface area contributed by atoms with Gasteiger partial charge in [-0.25, -0.2) is 0 Å². The van der Waals surface area contributed by atoms with Gasteiger partial charge in [0, 0.05) is 20.9 Å². The molecule has 2 aromatic carbocycles. The van der Waals surface area contributed by atoms with Crippen molar-refractivity contribution in [3.8, 4) is 20.9 Å². The molecule has 122 valence electrons. The number of rotatable bonds is 4. The summed E-state index contributed by atoms with van der Waals surface area (Å²) in [5.41, 5.74) is 14.6. The van der Waals surface area contributed by atoms with Crippen LogP contribution in [-0.4, -0.2) is 11.7 Å². The van der Waals surface area contributed by atoms with Crippen LogP contribution in [0.4, 0.5) is 0 Å². The Kier molecular flexibility index (Phi) is 5.39. The van der Waals surface area contributed by atoms with E-state index in [0.29, 0.717) is 0 Å². The van der Waals surface area contributed by atoms with Crippen molar-refractivity contribution in [1.29, 1.82) is 10.8 Å². The Labute approximate surface area is 150 Å². The van der Waals surface area contributed by atoms with Crippen molar-refractivity contribution in [2.24, 2.45) is 11.5 Å². The Hall–Kier alpha value is -2.63. The van der Waals surface area contributed by atoms with Gasteiger partial charge in [-0.2, -0.15) is 0 Å². The van der Waals surface area contributed by atoms with Gasteiger partial charge in [-0.3, -0.25) is 10.8 Å². The van der Waals surface area contributed by atoms with Crippen molar-refractivity contribution in [3.05, 3.63) is 71.8 Å². The first kappa shape index (κ1) is 17.7. The summed E-state index contributed by atoms with van der Waals surface area (Å²) in [5.74, 6) is 0.156. The molecule has 0 spiro atoms. The Balaban J connectivity index is 0.00000208. The van der Waals surface area contributed by atoms with Crippen LogP contribution in [0.3, 0.4) is 0 Å². The molecule has 3 aromatic rings. The van der Waals surface area contributed by atoms with E-state index in [0.717, 1.165) is 32.0 Å². The number of hydrogen-bond donors (Lipinski definition) is 4. The summed E-state index contributed by atoms with van der Waals surface area (Å²) in [5, 5.41) is 14.9. The standard InChI is InChI=1S/C18H16N4S.ClH/c19-17(20)13-5-1-11(2-6-13)15-9-10-16(23-15)12-3-7-14(8-4-12)18(21)22;/h1-10H,(H3,19,20)(H3,21,22);1H. The number of thiophene rings is 1. The van der Waals surface area contributed by atoms with Gasteiger partial charge >= 0.3 is 0 Å². The highest BCUT2D eigenvalue weighted by atomic mass is 35.5. The van der Waals surface area contributed by atoms with Crippen LogP contribution in [0.1, 0.15) is 11.1 Å². The van der Waals surface area contributed by atoms with Crippen LogP contribution in [0.2, 0.25) is 0 Å². The molecule has 3 rings (SSSR count). The van der Waals surface area contributed by atoms with Crippen molar-refractivity contribution in [2.45, 2.75) is 0 Å². The summed E-state index contributed by atoms with van der Waals surface area (Å²) in [7, 11) is 0. The Morgan fingerprint density at radius 1 is 0.625 bits per heavy atom. The molecule has 0 saturated carbocycles. The number of hydrogen-bond acceptors (Lipinski definition) is 3. The quantitative estimate of drug-likeness (QED) is 0.418. The van der Waals surface area contributed by atoms with Crippen molar-refractivity contribution in [1.82, 2.24) is 0 Å². The summed E-state index contributed by atoms with van der Waals surface area (Å²) in [6.45, 7) is 0. The molecule has 0 bridgehead atoms. The van der Waals surface area contributed by atoms with Crippen molar-refractivity contribution >= 4 is 35.4 Å². The van der Waals surface area contributed by atoms with Crippen LogP contribution in [0.15, 0.2) is 60.7 Å². The third kappa shape index (κ3) is 3.64. The molecule has 0 saturated heterocycles. The first-order chi connectivity index (χ1) is 11.0. The maximum atomic E-state index is 7.43. The van der Waals surface area contributed by atoms with E-state index in [1.54, 1.807) is 11.3 Å². The van der Waals surface area contributed by atoms with Crippen LogP contribution in [0.5, 0.6) is 0 Å². The van der Waals surface area contributed by atoms with Gasteiger partial charge in [0.2, 0.25) is 0 Å². The van der Waals surface area contributed by atoms with Crippen LogP contribution in [-0.2, 0) is 0 Å². The number of nitrogens with one attached hydrogen (secondary N) is 2. The predicted octanol–water partition coefficient (Wildman–Crippen LogP) is 4.07. The van der Waals surface area contributed by atoms with Crippen molar-refractivity contribution in [2.75, 3.05) is 0 Å². The molecule has 0 aliphatic rings. The van der Waals surface area contributed by atoms with Gasteiger partial charge < -0.3 is 11.5 Å². The molecule has 6 heteroatoms. The van der Waals surface area contributed by atoms with E-state index in [1.165, 1.54) is 0 Å². The first-order valence-electron chi connectivity index (χ1n) is 7.04. The van der Waals surface area contributed by atoms with Gasteiger partial charge in [0.1, 0.15) is 11.7 Å². The monoisotopic (exact) mass is 356 g/mol. The molecule has 1 heterocycles. The maximum Gasteiger partial charge on any atom is 0.122 e. The van der Waals surface area contributed by atoms with Gasteiger partial charge in [-0.15, -0.1) is 23.7 Å². The van der Waals surface area contributed by atoms with E-state index in [9.17, 15) is 0 Å². The van der Waals surface area contributed by atoms with E-state index < -0.39 is 0 Å². The summed E-state index contributed by atoms with van der Waals surface area (Å²) < 4.78 is 0. The van der Waals surface area contributed by atoms with E-state index in [-0.39, 0.29) is 24.1 Å². The lowest BCUT2D eigenvalue weighted by Gasteiger charge is -2.02. The molecule has 1 aromatic heterocycles. The number of halogens is 1. The summed E-state index contributed by atoms with van der Waals surface area (Å²) in [6.07, 6.45) is 0. The zero-order valence-corrected chi connectivity index (χ0v) is 14.4. The average molecular weight is 357 g/mol. The molecular formula is C18H17ClN4S. The van der Waals surface area contributed by atoms with Crippen LogP contribution in [0.25, 0.3) is 20.9 Å². The minimum Gasteiger partial charge on any atom is -0.384 e. The SMILES string of the molecule is Cl.N=C(N)c1ccc(-c2ccc(-c3ccc(C(=N)N)cc3)s2)cc1. The third-order valence-electron chi connectivity index (χ3n) is 3.57. The molecule has 4 nitrogen and oxygen atoms in total. The van der Waals surface area contributed by atoms with Crippen molar-refractivity contribution < 1.29 is 0 Å². The summed E-state index contributed by atoms with van der Waals surface area (Å²) in [6, 6.07) is 19.5. The van der Waals surface area contributed by atoms with Gasteiger partial charge in [0.25, 0.3) is 0 Å². The van der Waals surface area contributed by atoms with E-state index in [1.807, 2.05) is 48.5 Å². The molecule has 0 fully saturated rings. The highest BCUT2D eigenvalue weighted by molar-refractivity contribution is 7.18. The minimum absolute atomic E-state index is 0.